The van der Waals surface area contributed by atoms with Gasteiger partial charge in [0.2, 0.25) is 0 Å². The van der Waals surface area contributed by atoms with Crippen molar-refractivity contribution in [3.8, 4) is 0 Å². The second kappa shape index (κ2) is 5.88. The first kappa shape index (κ1) is 12.9. The van der Waals surface area contributed by atoms with Crippen LogP contribution in [0.4, 0.5) is 4.39 Å². The van der Waals surface area contributed by atoms with Gasteiger partial charge in [0.15, 0.2) is 5.13 Å². The summed E-state index contributed by atoms with van der Waals surface area (Å²) in [5.41, 5.74) is 3.02. The summed E-state index contributed by atoms with van der Waals surface area (Å²) in [5.74, 6) is -0.251. The first-order chi connectivity index (χ1) is 8.69. The van der Waals surface area contributed by atoms with Crippen molar-refractivity contribution in [3.05, 3.63) is 44.0 Å². The summed E-state index contributed by atoms with van der Waals surface area (Å²) < 4.78 is 12.7. The van der Waals surface area contributed by atoms with E-state index in [1.54, 1.807) is 22.8 Å². The third kappa shape index (κ3) is 3.24. The monoisotopic (exact) mass is 282 g/mol. The van der Waals surface area contributed by atoms with Crippen molar-refractivity contribution < 1.29 is 9.18 Å². The summed E-state index contributed by atoms with van der Waals surface area (Å²) in [6.45, 7) is 2.04. The highest BCUT2D eigenvalue weighted by atomic mass is 32.1. The number of carbonyl (C=O) groups is 1. The normalized spacial score (nSPS) is 11.0. The molecule has 2 heterocycles. The maximum absolute atomic E-state index is 12.7. The molecule has 0 bridgehead atoms. The van der Waals surface area contributed by atoms with Crippen LogP contribution in [-0.4, -0.2) is 12.1 Å². The van der Waals surface area contributed by atoms with Crippen LogP contribution < -0.4 is 5.43 Å². The summed E-state index contributed by atoms with van der Waals surface area (Å²) in [7, 11) is 0. The van der Waals surface area contributed by atoms with Gasteiger partial charge in [0.05, 0.1) is 16.7 Å². The number of hydrogen-bond acceptors (Lipinski definition) is 4. The van der Waals surface area contributed by atoms with E-state index in [1.165, 1.54) is 12.3 Å². The van der Waals surface area contributed by atoms with E-state index in [1.807, 2.05) is 13.0 Å². The maximum atomic E-state index is 12.7. The summed E-state index contributed by atoms with van der Waals surface area (Å²) in [6.07, 6.45) is 2.34. The zero-order chi connectivity index (χ0) is 13.0. The van der Waals surface area contributed by atoms with Crippen molar-refractivity contribution in [2.24, 2.45) is 5.10 Å². The number of nitrogens with one attached hydrogen (secondary N) is 1. The molecule has 0 fully saturated rings. The van der Waals surface area contributed by atoms with Gasteiger partial charge in [0.25, 0.3) is 5.91 Å². The van der Waals surface area contributed by atoms with Crippen LogP contribution in [0.3, 0.4) is 0 Å². The quantitative estimate of drug-likeness (QED) is 0.678. The van der Waals surface area contributed by atoms with Gasteiger partial charge < -0.3 is 0 Å². The Morgan fingerprint density at radius 2 is 2.39 bits per heavy atom. The van der Waals surface area contributed by atoms with Crippen molar-refractivity contribution in [1.82, 2.24) is 5.43 Å². The topological polar surface area (TPSA) is 41.5 Å². The minimum absolute atomic E-state index is 0.251. The lowest BCUT2D eigenvalue weighted by atomic mass is 10.3. The molecule has 1 amide bonds. The Labute approximate surface area is 112 Å². The molecule has 94 valence electrons. The fourth-order valence-corrected chi connectivity index (χ4v) is 2.72. The van der Waals surface area contributed by atoms with Crippen LogP contribution in [0.25, 0.3) is 0 Å². The summed E-state index contributed by atoms with van der Waals surface area (Å²) in [5, 5.41) is 5.32. The molecule has 2 aromatic rings. The standard InChI is InChI=1S/C12H11FN2OS2/c1-2-9-5-8(7-17-9)12(16)15-14-6-10-3-4-11(13)18-10/h3-7H,2H2,1H3,(H,15,16). The van der Waals surface area contributed by atoms with Crippen molar-refractivity contribution in [1.29, 1.82) is 0 Å². The lowest BCUT2D eigenvalue weighted by Gasteiger charge is -1.94. The van der Waals surface area contributed by atoms with Gasteiger partial charge in [-0.1, -0.05) is 6.92 Å². The Hall–Kier alpha value is -1.53. The molecule has 6 heteroatoms. The molecule has 0 aliphatic rings. The average molecular weight is 282 g/mol. The van der Waals surface area contributed by atoms with E-state index >= 15 is 0 Å². The molecule has 0 aliphatic carbocycles. The van der Waals surface area contributed by atoms with Gasteiger partial charge in [0.1, 0.15) is 0 Å². The molecule has 0 unspecified atom stereocenters. The number of nitrogens with zero attached hydrogens (tertiary/aromatic N) is 1. The van der Waals surface area contributed by atoms with Crippen molar-refractivity contribution in [3.63, 3.8) is 0 Å². The summed E-state index contributed by atoms with van der Waals surface area (Å²) in [6, 6.07) is 4.82. The Morgan fingerprint density at radius 1 is 1.56 bits per heavy atom. The molecule has 0 aliphatic heterocycles. The van der Waals surface area contributed by atoms with E-state index in [4.69, 9.17) is 0 Å². The first-order valence-corrected chi connectivity index (χ1v) is 7.05. The molecule has 0 spiro atoms. The lowest BCUT2D eigenvalue weighted by molar-refractivity contribution is 0.0955. The van der Waals surface area contributed by atoms with Gasteiger partial charge in [0, 0.05) is 10.3 Å². The highest BCUT2D eigenvalue weighted by Crippen LogP contribution is 2.15. The Balaban J connectivity index is 1.93. The van der Waals surface area contributed by atoms with E-state index in [0.717, 1.165) is 22.6 Å². The van der Waals surface area contributed by atoms with Gasteiger partial charge in [-0.25, -0.2) is 5.43 Å². The summed E-state index contributed by atoms with van der Waals surface area (Å²) in [4.78, 5) is 13.5. The predicted octanol–water partition coefficient (Wildman–Crippen LogP) is 3.28. The number of thiophene rings is 2. The van der Waals surface area contributed by atoms with E-state index in [-0.39, 0.29) is 11.0 Å². The Morgan fingerprint density at radius 3 is 3.00 bits per heavy atom. The molecule has 3 nitrogen and oxygen atoms in total. The summed E-state index contributed by atoms with van der Waals surface area (Å²) >= 11 is 2.53. The SMILES string of the molecule is CCc1cc(C(=O)NN=Cc2ccc(F)s2)cs1. The molecule has 1 N–H and O–H groups in total. The van der Waals surface area contributed by atoms with Crippen LogP contribution in [0.5, 0.6) is 0 Å². The molecule has 18 heavy (non-hydrogen) atoms. The third-order valence-corrected chi connectivity index (χ3v) is 4.11. The zero-order valence-electron chi connectivity index (χ0n) is 9.64. The van der Waals surface area contributed by atoms with Crippen molar-refractivity contribution in [2.45, 2.75) is 13.3 Å². The van der Waals surface area contributed by atoms with E-state index < -0.39 is 0 Å². The second-order valence-electron chi connectivity index (χ2n) is 3.50. The average Bonchev–Trinajstić information content (AvgIpc) is 2.98. The maximum Gasteiger partial charge on any atom is 0.272 e. The highest BCUT2D eigenvalue weighted by Gasteiger charge is 2.06. The molecule has 0 aromatic carbocycles. The first-order valence-electron chi connectivity index (χ1n) is 5.35. The van der Waals surface area contributed by atoms with Gasteiger partial charge in [-0.05, 0) is 24.6 Å². The van der Waals surface area contributed by atoms with Crippen LogP contribution >= 0.6 is 22.7 Å². The van der Waals surface area contributed by atoms with Crippen LogP contribution in [0.15, 0.2) is 28.7 Å². The number of amides is 1. The molecule has 2 rings (SSSR count). The molecule has 0 atom stereocenters. The smallest absolute Gasteiger partial charge is 0.267 e. The van der Waals surface area contributed by atoms with E-state index in [9.17, 15) is 9.18 Å². The van der Waals surface area contributed by atoms with Crippen LogP contribution in [0, 0.1) is 5.13 Å². The van der Waals surface area contributed by atoms with Gasteiger partial charge in [-0.2, -0.15) is 9.49 Å². The third-order valence-electron chi connectivity index (χ3n) is 2.22. The second-order valence-corrected chi connectivity index (χ2v) is 5.56. The number of rotatable bonds is 4. The number of hydrogen-bond donors (Lipinski definition) is 1. The Kier molecular flexibility index (Phi) is 4.22. The van der Waals surface area contributed by atoms with Crippen molar-refractivity contribution >= 4 is 34.8 Å². The lowest BCUT2D eigenvalue weighted by Crippen LogP contribution is -2.16. The predicted molar refractivity (Wildman–Crippen MR) is 73.0 cm³/mol. The van der Waals surface area contributed by atoms with Gasteiger partial charge in [-0.3, -0.25) is 4.79 Å². The van der Waals surface area contributed by atoms with Gasteiger partial charge >= 0.3 is 0 Å². The van der Waals surface area contributed by atoms with E-state index in [0.29, 0.717) is 10.4 Å². The zero-order valence-corrected chi connectivity index (χ0v) is 11.3. The number of carbonyl (C=O) groups excluding carboxylic acids is 1. The highest BCUT2D eigenvalue weighted by molar-refractivity contribution is 7.12. The number of aryl methyl sites for hydroxylation is 1. The fraction of sp³-hybridized carbons (Fsp3) is 0.167. The van der Waals surface area contributed by atoms with Crippen LogP contribution in [-0.2, 0) is 6.42 Å². The fourth-order valence-electron chi connectivity index (χ4n) is 1.30. The Bertz CT molecular complexity index is 574. The molecular weight excluding hydrogens is 271 g/mol. The van der Waals surface area contributed by atoms with E-state index in [2.05, 4.69) is 10.5 Å². The minimum Gasteiger partial charge on any atom is -0.267 e. The van der Waals surface area contributed by atoms with Crippen molar-refractivity contribution in [2.75, 3.05) is 0 Å². The molecular formula is C12H11FN2OS2. The molecule has 2 aromatic heterocycles. The molecule has 0 saturated heterocycles. The number of halogens is 1. The molecule has 0 saturated carbocycles. The van der Waals surface area contributed by atoms with Crippen LogP contribution in [0.1, 0.15) is 27.0 Å². The number of hydrazone groups is 1. The van der Waals surface area contributed by atoms with Gasteiger partial charge in [-0.15, -0.1) is 22.7 Å². The van der Waals surface area contributed by atoms with Crippen LogP contribution in [0.2, 0.25) is 0 Å². The minimum atomic E-state index is -0.270. The largest absolute Gasteiger partial charge is 0.272 e. The molecule has 0 radical (unpaired) electrons.